The van der Waals surface area contributed by atoms with Gasteiger partial charge >= 0.3 is 0 Å². The van der Waals surface area contributed by atoms with Crippen LogP contribution in [0.1, 0.15) is 31.4 Å². The highest BCUT2D eigenvalue weighted by molar-refractivity contribution is 7.99. The second kappa shape index (κ2) is 5.90. The first-order valence-corrected chi connectivity index (χ1v) is 8.76. The SMILES string of the molecule is C#CCSc1nc2c(c(=O)n1C)C(C)(CC)Cc1ccccc1-2. The summed E-state index contributed by atoms with van der Waals surface area (Å²) in [6.45, 7) is 4.30. The van der Waals surface area contributed by atoms with Crippen LogP contribution in [0.25, 0.3) is 11.3 Å². The molecular formula is C19H20N2OS. The standard InChI is InChI=1S/C19H20N2OS/c1-5-11-23-18-20-16-14-10-8-7-9-13(14)12-19(3,6-2)15(16)17(22)21(18)4/h1,7-10H,6,11-12H2,2-4H3. The number of fused-ring (bicyclic) bond motifs is 3. The largest absolute Gasteiger partial charge is 0.290 e. The molecule has 118 valence electrons. The Bertz CT molecular complexity index is 863. The highest BCUT2D eigenvalue weighted by Gasteiger charge is 2.37. The fourth-order valence-electron chi connectivity index (χ4n) is 3.27. The first-order chi connectivity index (χ1) is 11.0. The van der Waals surface area contributed by atoms with Crippen LogP contribution in [0.4, 0.5) is 0 Å². The lowest BCUT2D eigenvalue weighted by Crippen LogP contribution is -2.39. The molecule has 3 rings (SSSR count). The Balaban J connectivity index is 2.33. The Morgan fingerprint density at radius 2 is 2.17 bits per heavy atom. The van der Waals surface area contributed by atoms with Crippen molar-refractivity contribution in [1.29, 1.82) is 0 Å². The van der Waals surface area contributed by atoms with Crippen molar-refractivity contribution < 1.29 is 0 Å². The van der Waals surface area contributed by atoms with Crippen LogP contribution in [0.15, 0.2) is 34.2 Å². The molecule has 1 heterocycles. The van der Waals surface area contributed by atoms with Gasteiger partial charge in [-0.1, -0.05) is 55.8 Å². The smallest absolute Gasteiger partial charge is 0.258 e. The summed E-state index contributed by atoms with van der Waals surface area (Å²) in [7, 11) is 1.78. The molecule has 0 saturated carbocycles. The summed E-state index contributed by atoms with van der Waals surface area (Å²) in [4.78, 5) is 17.9. The van der Waals surface area contributed by atoms with E-state index in [9.17, 15) is 4.79 Å². The van der Waals surface area contributed by atoms with Crippen LogP contribution >= 0.6 is 11.8 Å². The molecule has 1 unspecified atom stereocenters. The predicted octanol–water partition coefficient (Wildman–Crippen LogP) is 3.40. The highest BCUT2D eigenvalue weighted by Crippen LogP contribution is 2.42. The number of rotatable bonds is 3. The van der Waals surface area contributed by atoms with Gasteiger partial charge < -0.3 is 0 Å². The lowest BCUT2D eigenvalue weighted by molar-refractivity contribution is 0.433. The third-order valence-electron chi connectivity index (χ3n) is 4.77. The summed E-state index contributed by atoms with van der Waals surface area (Å²) >= 11 is 1.43. The molecule has 1 aliphatic carbocycles. The molecule has 2 aromatic rings. The van der Waals surface area contributed by atoms with Crippen LogP contribution in [0, 0.1) is 12.3 Å². The zero-order valence-corrected chi connectivity index (χ0v) is 14.5. The summed E-state index contributed by atoms with van der Waals surface area (Å²) in [5.41, 5.74) is 3.88. The molecule has 23 heavy (non-hydrogen) atoms. The predicted molar refractivity (Wildman–Crippen MR) is 95.8 cm³/mol. The molecule has 0 spiro atoms. The molecule has 0 N–H and O–H groups in total. The van der Waals surface area contributed by atoms with Crippen molar-refractivity contribution in [2.24, 2.45) is 7.05 Å². The Morgan fingerprint density at radius 3 is 2.87 bits per heavy atom. The Morgan fingerprint density at radius 1 is 1.43 bits per heavy atom. The van der Waals surface area contributed by atoms with Crippen molar-refractivity contribution in [3.8, 4) is 23.6 Å². The van der Waals surface area contributed by atoms with Crippen molar-refractivity contribution in [2.45, 2.75) is 37.3 Å². The number of aromatic nitrogens is 2. The third kappa shape index (κ3) is 2.49. The first-order valence-electron chi connectivity index (χ1n) is 7.78. The zero-order valence-electron chi connectivity index (χ0n) is 13.7. The van der Waals surface area contributed by atoms with Gasteiger partial charge in [0.05, 0.1) is 17.0 Å². The molecule has 0 bridgehead atoms. The molecule has 1 aromatic carbocycles. The van der Waals surface area contributed by atoms with Gasteiger partial charge in [0.2, 0.25) is 0 Å². The van der Waals surface area contributed by atoms with Crippen LogP contribution in [0.5, 0.6) is 0 Å². The van der Waals surface area contributed by atoms with E-state index in [4.69, 9.17) is 11.4 Å². The molecule has 1 atom stereocenters. The van der Waals surface area contributed by atoms with Crippen LogP contribution in [0.3, 0.4) is 0 Å². The van der Waals surface area contributed by atoms with E-state index < -0.39 is 0 Å². The van der Waals surface area contributed by atoms with Crippen LogP contribution in [-0.2, 0) is 18.9 Å². The fraction of sp³-hybridized carbons (Fsp3) is 0.368. The number of terminal acetylenes is 1. The van der Waals surface area contributed by atoms with Gasteiger partial charge in [-0.05, 0) is 18.4 Å². The van der Waals surface area contributed by atoms with Crippen molar-refractivity contribution in [2.75, 3.05) is 5.75 Å². The number of thioether (sulfide) groups is 1. The van der Waals surface area contributed by atoms with Crippen molar-refractivity contribution in [3.05, 3.63) is 45.7 Å². The summed E-state index contributed by atoms with van der Waals surface area (Å²) < 4.78 is 1.64. The van der Waals surface area contributed by atoms with Gasteiger partial charge in [0.25, 0.3) is 5.56 Å². The van der Waals surface area contributed by atoms with E-state index in [-0.39, 0.29) is 11.0 Å². The molecule has 4 heteroatoms. The van der Waals surface area contributed by atoms with Crippen molar-refractivity contribution >= 4 is 11.8 Å². The van der Waals surface area contributed by atoms with Crippen LogP contribution < -0.4 is 5.56 Å². The number of nitrogens with zero attached hydrogens (tertiary/aromatic N) is 2. The maximum absolute atomic E-state index is 13.0. The van der Waals surface area contributed by atoms with E-state index in [0.29, 0.717) is 10.9 Å². The molecule has 1 aliphatic rings. The molecular weight excluding hydrogens is 304 g/mol. The summed E-state index contributed by atoms with van der Waals surface area (Å²) in [5, 5.41) is 0.682. The van der Waals surface area contributed by atoms with E-state index in [1.54, 1.807) is 11.6 Å². The molecule has 0 amide bonds. The highest BCUT2D eigenvalue weighted by atomic mass is 32.2. The topological polar surface area (TPSA) is 34.9 Å². The molecule has 0 aliphatic heterocycles. The summed E-state index contributed by atoms with van der Waals surface area (Å²) in [5.74, 6) is 3.10. The van der Waals surface area contributed by atoms with E-state index in [1.807, 2.05) is 6.07 Å². The minimum absolute atomic E-state index is 0.0494. The summed E-state index contributed by atoms with van der Waals surface area (Å²) in [6.07, 6.45) is 7.14. The molecule has 1 aromatic heterocycles. The molecule has 3 nitrogen and oxygen atoms in total. The molecule has 0 saturated heterocycles. The van der Waals surface area contributed by atoms with Gasteiger partial charge in [0.15, 0.2) is 5.16 Å². The summed E-state index contributed by atoms with van der Waals surface area (Å²) in [6, 6.07) is 8.25. The third-order valence-corrected chi connectivity index (χ3v) is 5.71. The van der Waals surface area contributed by atoms with E-state index >= 15 is 0 Å². The average Bonchev–Trinajstić information content (AvgIpc) is 2.56. The first kappa shape index (κ1) is 15.9. The normalized spacial score (nSPS) is 18.9. The van der Waals surface area contributed by atoms with Gasteiger partial charge in [0.1, 0.15) is 0 Å². The van der Waals surface area contributed by atoms with Gasteiger partial charge in [-0.3, -0.25) is 9.36 Å². The fourth-order valence-corrected chi connectivity index (χ4v) is 3.92. The number of benzene rings is 1. The minimum Gasteiger partial charge on any atom is -0.290 e. The maximum atomic E-state index is 13.0. The number of hydrogen-bond donors (Lipinski definition) is 0. The van der Waals surface area contributed by atoms with E-state index in [2.05, 4.69) is 38.0 Å². The Labute approximate surface area is 141 Å². The van der Waals surface area contributed by atoms with Crippen molar-refractivity contribution in [3.63, 3.8) is 0 Å². The number of hydrogen-bond acceptors (Lipinski definition) is 3. The molecule has 0 fully saturated rings. The van der Waals surface area contributed by atoms with Gasteiger partial charge in [-0.2, -0.15) is 0 Å². The van der Waals surface area contributed by atoms with Gasteiger partial charge in [-0.15, -0.1) is 6.42 Å². The minimum atomic E-state index is -0.180. The van der Waals surface area contributed by atoms with Crippen LogP contribution in [-0.4, -0.2) is 15.3 Å². The molecule has 0 radical (unpaired) electrons. The quantitative estimate of drug-likeness (QED) is 0.493. The average molecular weight is 324 g/mol. The monoisotopic (exact) mass is 324 g/mol. The lowest BCUT2D eigenvalue weighted by atomic mass is 9.69. The second-order valence-corrected chi connectivity index (χ2v) is 7.17. The second-order valence-electron chi connectivity index (χ2n) is 6.22. The van der Waals surface area contributed by atoms with Gasteiger partial charge in [0, 0.05) is 18.0 Å². The van der Waals surface area contributed by atoms with Gasteiger partial charge in [-0.25, -0.2) is 4.98 Å². The Hall–Kier alpha value is -1.99. The van der Waals surface area contributed by atoms with Crippen LogP contribution in [0.2, 0.25) is 0 Å². The van der Waals surface area contributed by atoms with E-state index in [0.717, 1.165) is 29.7 Å². The zero-order chi connectivity index (χ0) is 16.6. The maximum Gasteiger partial charge on any atom is 0.258 e. The van der Waals surface area contributed by atoms with Crippen molar-refractivity contribution in [1.82, 2.24) is 9.55 Å². The lowest BCUT2D eigenvalue weighted by Gasteiger charge is -2.35. The Kier molecular flexibility index (Phi) is 4.08. The van der Waals surface area contributed by atoms with E-state index in [1.165, 1.54) is 17.3 Å².